The average molecular weight is 285 g/mol. The molecule has 0 unspecified atom stereocenters. The molecule has 0 aliphatic heterocycles. The molecule has 0 aliphatic carbocycles. The molecule has 1 N–H and O–H groups in total. The van der Waals surface area contributed by atoms with Gasteiger partial charge in [-0.05, 0) is 30.0 Å². The van der Waals surface area contributed by atoms with Crippen LogP contribution in [-0.2, 0) is 6.42 Å². The zero-order valence-corrected chi connectivity index (χ0v) is 13.0. The fourth-order valence-corrected chi connectivity index (χ4v) is 1.92. The lowest BCUT2D eigenvalue weighted by molar-refractivity contribution is 0.686. The normalized spacial score (nSPS) is 10.7. The van der Waals surface area contributed by atoms with Crippen molar-refractivity contribution in [3.05, 3.63) is 42.5 Å². The Morgan fingerprint density at radius 3 is 2.67 bits per heavy atom. The lowest BCUT2D eigenvalue weighted by Crippen LogP contribution is -2.22. The predicted octanol–water partition coefficient (Wildman–Crippen LogP) is 2.62. The molecule has 21 heavy (non-hydrogen) atoms. The molecule has 2 aromatic heterocycles. The second kappa shape index (κ2) is 7.57. The Balaban J connectivity index is 1.92. The minimum Gasteiger partial charge on any atom is -0.370 e. The fraction of sp³-hybridized carbons (Fsp3) is 0.438. The molecule has 0 saturated heterocycles. The third-order valence-corrected chi connectivity index (χ3v) is 3.22. The van der Waals surface area contributed by atoms with Crippen LogP contribution in [0.3, 0.4) is 0 Å². The van der Waals surface area contributed by atoms with Gasteiger partial charge in [0.15, 0.2) is 0 Å². The van der Waals surface area contributed by atoms with Crippen molar-refractivity contribution in [2.75, 3.05) is 30.4 Å². The highest BCUT2D eigenvalue weighted by Gasteiger charge is 2.05. The highest BCUT2D eigenvalue weighted by Crippen LogP contribution is 2.13. The summed E-state index contributed by atoms with van der Waals surface area (Å²) >= 11 is 0. The van der Waals surface area contributed by atoms with Crippen LogP contribution in [0.5, 0.6) is 0 Å². The van der Waals surface area contributed by atoms with Crippen molar-refractivity contribution >= 4 is 11.6 Å². The Hall–Kier alpha value is -2.17. The van der Waals surface area contributed by atoms with Crippen LogP contribution in [0.4, 0.5) is 11.6 Å². The van der Waals surface area contributed by atoms with Crippen LogP contribution in [0, 0.1) is 5.92 Å². The van der Waals surface area contributed by atoms with Gasteiger partial charge < -0.3 is 10.2 Å². The third-order valence-electron chi connectivity index (χ3n) is 3.22. The van der Waals surface area contributed by atoms with Crippen molar-refractivity contribution in [3.63, 3.8) is 0 Å². The zero-order chi connectivity index (χ0) is 15.1. The third kappa shape index (κ3) is 5.02. The molecule has 5 heteroatoms. The Bertz CT molecular complexity index is 541. The average Bonchev–Trinajstić information content (AvgIpc) is 2.52. The van der Waals surface area contributed by atoms with E-state index in [-0.39, 0.29) is 0 Å². The van der Waals surface area contributed by atoms with Gasteiger partial charge in [0, 0.05) is 38.6 Å². The number of rotatable bonds is 7. The second-order valence-electron chi connectivity index (χ2n) is 5.56. The minimum atomic E-state index is 0.591. The maximum Gasteiger partial charge on any atom is 0.133 e. The minimum absolute atomic E-state index is 0.591. The van der Waals surface area contributed by atoms with Gasteiger partial charge in [-0.1, -0.05) is 13.8 Å². The first-order valence-corrected chi connectivity index (χ1v) is 7.31. The quantitative estimate of drug-likeness (QED) is 0.847. The van der Waals surface area contributed by atoms with E-state index in [2.05, 4.69) is 46.1 Å². The SMILES string of the molecule is CC(C)CNc1cc(N(C)CCc2ccncc2)ncn1. The Kier molecular flexibility index (Phi) is 5.49. The van der Waals surface area contributed by atoms with Gasteiger partial charge >= 0.3 is 0 Å². The number of nitrogens with zero attached hydrogens (tertiary/aromatic N) is 4. The summed E-state index contributed by atoms with van der Waals surface area (Å²) in [6, 6.07) is 6.09. The van der Waals surface area contributed by atoms with E-state index in [1.807, 2.05) is 30.6 Å². The lowest BCUT2D eigenvalue weighted by Gasteiger charge is -2.18. The first-order valence-electron chi connectivity index (χ1n) is 7.31. The van der Waals surface area contributed by atoms with Gasteiger partial charge in [0.05, 0.1) is 0 Å². The summed E-state index contributed by atoms with van der Waals surface area (Å²) in [5, 5.41) is 3.33. The number of pyridine rings is 1. The molecular formula is C16H23N5. The molecule has 0 bridgehead atoms. The highest BCUT2D eigenvalue weighted by atomic mass is 15.2. The first kappa shape index (κ1) is 15.2. The molecule has 0 fully saturated rings. The van der Waals surface area contributed by atoms with E-state index in [0.717, 1.165) is 31.1 Å². The lowest BCUT2D eigenvalue weighted by atomic mass is 10.2. The number of anilines is 2. The van der Waals surface area contributed by atoms with Crippen molar-refractivity contribution in [2.45, 2.75) is 20.3 Å². The monoisotopic (exact) mass is 285 g/mol. The van der Waals surface area contributed by atoms with Crippen LogP contribution in [-0.4, -0.2) is 35.1 Å². The number of hydrogen-bond donors (Lipinski definition) is 1. The van der Waals surface area contributed by atoms with Crippen LogP contribution in [0.25, 0.3) is 0 Å². The van der Waals surface area contributed by atoms with E-state index in [1.165, 1.54) is 5.56 Å². The molecule has 0 spiro atoms. The number of aromatic nitrogens is 3. The molecule has 2 aromatic rings. The van der Waals surface area contributed by atoms with Gasteiger partial charge in [0.2, 0.25) is 0 Å². The molecule has 5 nitrogen and oxygen atoms in total. The van der Waals surface area contributed by atoms with Crippen LogP contribution < -0.4 is 10.2 Å². The molecule has 2 heterocycles. The summed E-state index contributed by atoms with van der Waals surface area (Å²) in [5.41, 5.74) is 1.28. The molecule has 112 valence electrons. The van der Waals surface area contributed by atoms with E-state index in [0.29, 0.717) is 5.92 Å². The standard InChI is InChI=1S/C16H23N5/c1-13(2)11-18-15-10-16(20-12-19-15)21(3)9-6-14-4-7-17-8-5-14/h4-5,7-8,10,12-13H,6,9,11H2,1-3H3,(H,18,19,20). The molecule has 0 atom stereocenters. The highest BCUT2D eigenvalue weighted by molar-refractivity contribution is 5.48. The Morgan fingerprint density at radius 2 is 1.95 bits per heavy atom. The summed E-state index contributed by atoms with van der Waals surface area (Å²) in [6.07, 6.45) is 6.24. The van der Waals surface area contributed by atoms with Crippen LogP contribution in [0.1, 0.15) is 19.4 Å². The zero-order valence-electron chi connectivity index (χ0n) is 13.0. The largest absolute Gasteiger partial charge is 0.370 e. The van der Waals surface area contributed by atoms with Gasteiger partial charge in [0.1, 0.15) is 18.0 Å². The first-order chi connectivity index (χ1) is 10.1. The van der Waals surface area contributed by atoms with Gasteiger partial charge in [-0.2, -0.15) is 0 Å². The van der Waals surface area contributed by atoms with Crippen LogP contribution in [0.2, 0.25) is 0 Å². The summed E-state index contributed by atoms with van der Waals surface area (Å²) in [4.78, 5) is 14.8. The second-order valence-corrected chi connectivity index (χ2v) is 5.56. The maximum absolute atomic E-state index is 4.34. The van der Waals surface area contributed by atoms with Crippen LogP contribution in [0.15, 0.2) is 36.9 Å². The van der Waals surface area contributed by atoms with E-state index in [4.69, 9.17) is 0 Å². The van der Waals surface area contributed by atoms with Crippen molar-refractivity contribution in [3.8, 4) is 0 Å². The molecule has 0 aliphatic rings. The topological polar surface area (TPSA) is 53.9 Å². The van der Waals surface area contributed by atoms with Gasteiger partial charge in [0.25, 0.3) is 0 Å². The van der Waals surface area contributed by atoms with Gasteiger partial charge in [-0.15, -0.1) is 0 Å². The van der Waals surface area contributed by atoms with Gasteiger partial charge in [-0.3, -0.25) is 4.98 Å². The molecule has 0 amide bonds. The predicted molar refractivity (Wildman–Crippen MR) is 86.6 cm³/mol. The summed E-state index contributed by atoms with van der Waals surface area (Å²) in [7, 11) is 2.05. The number of likely N-dealkylation sites (N-methyl/N-ethyl adjacent to an activating group) is 1. The molecular weight excluding hydrogens is 262 g/mol. The fourth-order valence-electron chi connectivity index (χ4n) is 1.92. The Labute approximate surface area is 126 Å². The van der Waals surface area contributed by atoms with Crippen LogP contribution >= 0.6 is 0 Å². The van der Waals surface area contributed by atoms with E-state index in [9.17, 15) is 0 Å². The molecule has 0 saturated carbocycles. The Morgan fingerprint density at radius 1 is 1.19 bits per heavy atom. The van der Waals surface area contributed by atoms with Crippen molar-refractivity contribution in [2.24, 2.45) is 5.92 Å². The molecule has 0 radical (unpaired) electrons. The molecule has 2 rings (SSSR count). The smallest absolute Gasteiger partial charge is 0.133 e. The maximum atomic E-state index is 4.34. The summed E-state index contributed by atoms with van der Waals surface area (Å²) < 4.78 is 0. The van der Waals surface area contributed by atoms with E-state index < -0.39 is 0 Å². The van der Waals surface area contributed by atoms with Crippen molar-refractivity contribution in [1.82, 2.24) is 15.0 Å². The number of nitrogens with one attached hydrogen (secondary N) is 1. The van der Waals surface area contributed by atoms with Gasteiger partial charge in [-0.25, -0.2) is 9.97 Å². The summed E-state index contributed by atoms with van der Waals surface area (Å²) in [6.45, 7) is 6.17. The van der Waals surface area contributed by atoms with Crippen molar-refractivity contribution in [1.29, 1.82) is 0 Å². The molecule has 0 aromatic carbocycles. The summed E-state index contributed by atoms with van der Waals surface area (Å²) in [5.74, 6) is 2.41. The van der Waals surface area contributed by atoms with E-state index in [1.54, 1.807) is 6.33 Å². The van der Waals surface area contributed by atoms with Crippen molar-refractivity contribution < 1.29 is 0 Å². The number of hydrogen-bond acceptors (Lipinski definition) is 5. The van der Waals surface area contributed by atoms with E-state index >= 15 is 0 Å².